The molecular weight excluding hydrogens is 508 g/mol. The Morgan fingerprint density at radius 3 is 2.67 bits per heavy atom. The van der Waals surface area contributed by atoms with Crippen molar-refractivity contribution in [2.24, 2.45) is 17.3 Å². The molecule has 1 amide bonds. The second-order valence-electron chi connectivity index (χ2n) is 13.1. The third-order valence-electron chi connectivity index (χ3n) is 11.7. The van der Waals surface area contributed by atoms with E-state index in [2.05, 4.69) is 16.3 Å². The number of carboxylic acids is 1. The summed E-state index contributed by atoms with van der Waals surface area (Å²) in [5.41, 5.74) is 1.82. The number of fused-ring (bicyclic) bond motifs is 2. The Kier molecular flexibility index (Phi) is 5.08. The molecule has 2 heterocycles. The van der Waals surface area contributed by atoms with Crippen molar-refractivity contribution in [3.05, 3.63) is 58.7 Å². The molecule has 8 heteroatoms. The van der Waals surface area contributed by atoms with Gasteiger partial charge in [0.05, 0.1) is 11.1 Å². The molecule has 8 nitrogen and oxygen atoms in total. The first-order valence-electron chi connectivity index (χ1n) is 14.8. The maximum atomic E-state index is 13.3. The number of phenolic OH excluding ortho intramolecular Hbond substituents is 1. The number of aromatic hydroxyl groups is 1. The highest BCUT2D eigenvalue weighted by molar-refractivity contribution is 6.04. The second-order valence-corrected chi connectivity index (χ2v) is 13.1. The Bertz CT molecular complexity index is 1440. The van der Waals surface area contributed by atoms with Gasteiger partial charge < -0.3 is 25.0 Å². The molecule has 4 saturated carbocycles. The molecule has 2 aromatic carbocycles. The predicted octanol–water partition coefficient (Wildman–Crippen LogP) is 3.74. The lowest BCUT2D eigenvalue weighted by Crippen LogP contribution is -2.81. The zero-order chi connectivity index (χ0) is 27.4. The van der Waals surface area contributed by atoms with Crippen LogP contribution in [-0.2, 0) is 16.6 Å². The average molecular weight is 545 g/mol. The van der Waals surface area contributed by atoms with Gasteiger partial charge in [-0.15, -0.1) is 0 Å². The number of ether oxygens (including phenoxy) is 2. The summed E-state index contributed by atoms with van der Waals surface area (Å²) in [6.45, 7) is 2.56. The van der Waals surface area contributed by atoms with Crippen LogP contribution in [0.5, 0.6) is 11.5 Å². The molecule has 2 aromatic rings. The maximum absolute atomic E-state index is 13.3. The van der Waals surface area contributed by atoms with E-state index in [4.69, 9.17) is 9.47 Å². The standard InChI is InChI=1S/C32H36N2O6/c1-39-32-11-10-30(15-20(32)16-33-27(36)21-4-2-3-5-22(21)28(37)38)24-14-19-8-9-23(35)26-25(19)31(30,29(32)40-26)12-13-34(24)17-18-6-7-18/h2-5,8-9,18,20,24,29,35H,6-7,10-17H2,1H3,(H,33,36)(H,37,38)/t20-,24-,29?,30-,31+,32?/m1/s1. The number of nitrogens with zero attached hydrogens (tertiary/aromatic N) is 1. The quantitative estimate of drug-likeness (QED) is 0.487. The molecule has 6 atom stereocenters. The van der Waals surface area contributed by atoms with E-state index >= 15 is 0 Å². The third kappa shape index (κ3) is 2.93. The summed E-state index contributed by atoms with van der Waals surface area (Å²) in [5.74, 6) is 0.142. The molecule has 40 heavy (non-hydrogen) atoms. The lowest BCUT2D eigenvalue weighted by molar-refractivity contribution is -0.275. The molecule has 210 valence electrons. The second kappa shape index (κ2) is 8.23. The fourth-order valence-electron chi connectivity index (χ4n) is 9.97. The molecule has 2 unspecified atom stereocenters. The number of phenols is 1. The van der Waals surface area contributed by atoms with Crippen molar-refractivity contribution < 1.29 is 29.3 Å². The Morgan fingerprint density at radius 2 is 1.93 bits per heavy atom. The number of rotatable bonds is 7. The van der Waals surface area contributed by atoms with E-state index < -0.39 is 11.6 Å². The van der Waals surface area contributed by atoms with Crippen LogP contribution in [0.3, 0.4) is 0 Å². The van der Waals surface area contributed by atoms with Gasteiger partial charge in [0.1, 0.15) is 11.7 Å². The van der Waals surface area contributed by atoms with Gasteiger partial charge in [-0.1, -0.05) is 18.2 Å². The predicted molar refractivity (Wildman–Crippen MR) is 146 cm³/mol. The SMILES string of the molecule is COC12CC[C@@]3(C[C@@H]1CNC(=O)c1ccccc1C(=O)O)[C@H]1Cc4ccc(O)c5c4[C@@]3(CCN1CC1CC1)C2O5. The molecule has 0 aromatic heterocycles. The van der Waals surface area contributed by atoms with Gasteiger partial charge in [0.25, 0.3) is 5.91 Å². The van der Waals surface area contributed by atoms with E-state index in [9.17, 15) is 19.8 Å². The number of benzene rings is 2. The number of carbonyl (C=O) groups is 2. The lowest BCUT2D eigenvalue weighted by Gasteiger charge is -2.74. The highest BCUT2D eigenvalue weighted by Gasteiger charge is 2.80. The van der Waals surface area contributed by atoms with Crippen LogP contribution in [0.15, 0.2) is 36.4 Å². The molecule has 5 aliphatic carbocycles. The van der Waals surface area contributed by atoms with Crippen molar-refractivity contribution >= 4 is 11.9 Å². The number of aromatic carboxylic acids is 1. The minimum absolute atomic E-state index is 0.000669. The molecule has 7 aliphatic rings. The summed E-state index contributed by atoms with van der Waals surface area (Å²) < 4.78 is 13.3. The van der Waals surface area contributed by atoms with Crippen LogP contribution in [-0.4, -0.2) is 71.5 Å². The number of piperidine rings is 1. The van der Waals surface area contributed by atoms with Crippen molar-refractivity contribution in [2.75, 3.05) is 26.7 Å². The number of amides is 1. The van der Waals surface area contributed by atoms with Gasteiger partial charge in [0.2, 0.25) is 0 Å². The van der Waals surface area contributed by atoms with E-state index in [0.717, 1.165) is 51.1 Å². The smallest absolute Gasteiger partial charge is 0.336 e. The Morgan fingerprint density at radius 1 is 1.12 bits per heavy atom. The molecule has 2 aliphatic heterocycles. The lowest BCUT2D eigenvalue weighted by atomic mass is 9.35. The minimum Gasteiger partial charge on any atom is -0.504 e. The van der Waals surface area contributed by atoms with Crippen molar-refractivity contribution in [3.8, 4) is 11.5 Å². The van der Waals surface area contributed by atoms with Gasteiger partial charge >= 0.3 is 5.97 Å². The van der Waals surface area contributed by atoms with E-state index in [1.807, 2.05) is 0 Å². The molecule has 3 N–H and O–H groups in total. The molecule has 2 spiro atoms. The zero-order valence-electron chi connectivity index (χ0n) is 22.8. The van der Waals surface area contributed by atoms with Crippen LogP contribution in [0.2, 0.25) is 0 Å². The van der Waals surface area contributed by atoms with Crippen LogP contribution in [0.25, 0.3) is 0 Å². The number of likely N-dealkylation sites (tertiary alicyclic amines) is 1. The monoisotopic (exact) mass is 544 g/mol. The molecule has 5 fully saturated rings. The van der Waals surface area contributed by atoms with Crippen LogP contribution in [0.1, 0.15) is 70.4 Å². The summed E-state index contributed by atoms with van der Waals surface area (Å²) >= 11 is 0. The fourth-order valence-corrected chi connectivity index (χ4v) is 9.97. The fraction of sp³-hybridized carbons (Fsp3) is 0.562. The van der Waals surface area contributed by atoms with Crippen molar-refractivity contribution in [2.45, 2.75) is 68.1 Å². The molecule has 9 rings (SSSR count). The minimum atomic E-state index is -1.12. The van der Waals surface area contributed by atoms with Gasteiger partial charge in [-0.2, -0.15) is 0 Å². The Hall–Kier alpha value is -3.10. The Balaban J connectivity index is 1.20. The van der Waals surface area contributed by atoms with Gasteiger partial charge in [-0.25, -0.2) is 4.79 Å². The van der Waals surface area contributed by atoms with Crippen LogP contribution in [0, 0.1) is 17.3 Å². The van der Waals surface area contributed by atoms with E-state index in [0.29, 0.717) is 18.3 Å². The van der Waals surface area contributed by atoms with Gasteiger partial charge in [-0.05, 0) is 81.2 Å². The third-order valence-corrected chi connectivity index (χ3v) is 11.7. The summed E-state index contributed by atoms with van der Waals surface area (Å²) in [5, 5.41) is 23.7. The first-order chi connectivity index (χ1) is 19.3. The van der Waals surface area contributed by atoms with Crippen molar-refractivity contribution in [3.63, 3.8) is 0 Å². The van der Waals surface area contributed by atoms with Gasteiger partial charge in [0, 0.05) is 48.6 Å². The summed E-state index contributed by atoms with van der Waals surface area (Å²) in [6.07, 6.45) is 7.12. The van der Waals surface area contributed by atoms with Crippen molar-refractivity contribution in [1.29, 1.82) is 0 Å². The van der Waals surface area contributed by atoms with E-state index in [1.165, 1.54) is 30.0 Å². The first kappa shape index (κ1) is 24.7. The summed E-state index contributed by atoms with van der Waals surface area (Å²) in [4.78, 5) is 27.8. The number of nitrogens with one attached hydrogen (secondary N) is 1. The largest absolute Gasteiger partial charge is 0.504 e. The molecule has 4 bridgehead atoms. The summed E-state index contributed by atoms with van der Waals surface area (Å²) in [6, 6.07) is 10.6. The molecular formula is C32H36N2O6. The Labute approximate surface area is 233 Å². The number of carbonyl (C=O) groups excluding carboxylic acids is 1. The van der Waals surface area contributed by atoms with E-state index in [1.54, 1.807) is 31.4 Å². The van der Waals surface area contributed by atoms with Crippen LogP contribution < -0.4 is 10.1 Å². The normalized spacial score (nSPS) is 36.6. The maximum Gasteiger partial charge on any atom is 0.336 e. The highest BCUT2D eigenvalue weighted by atomic mass is 16.6. The first-order valence-corrected chi connectivity index (χ1v) is 14.8. The molecule has 0 radical (unpaired) electrons. The van der Waals surface area contributed by atoms with E-state index in [-0.39, 0.29) is 45.6 Å². The zero-order valence-corrected chi connectivity index (χ0v) is 22.8. The van der Waals surface area contributed by atoms with Crippen LogP contribution in [0.4, 0.5) is 0 Å². The average Bonchev–Trinajstić information content (AvgIpc) is 3.71. The molecule has 1 saturated heterocycles. The number of hydrogen-bond donors (Lipinski definition) is 3. The highest BCUT2D eigenvalue weighted by Crippen LogP contribution is 2.76. The van der Waals surface area contributed by atoms with Crippen LogP contribution >= 0.6 is 0 Å². The number of carboxylic acid groups (broad SMARTS) is 1. The summed E-state index contributed by atoms with van der Waals surface area (Å²) in [7, 11) is 1.76. The van der Waals surface area contributed by atoms with Gasteiger partial charge in [0.15, 0.2) is 11.5 Å². The van der Waals surface area contributed by atoms with Gasteiger partial charge in [-0.3, -0.25) is 9.69 Å². The number of methoxy groups -OCH3 is 1. The topological polar surface area (TPSA) is 108 Å². The number of hydrogen-bond acceptors (Lipinski definition) is 6. The van der Waals surface area contributed by atoms with Crippen molar-refractivity contribution in [1.82, 2.24) is 10.2 Å².